The second-order valence-corrected chi connectivity index (χ2v) is 18.0. The number of amides is 7. The van der Waals surface area contributed by atoms with Crippen LogP contribution in [-0.4, -0.2) is 121 Å². The Labute approximate surface area is 366 Å². The number of alkyl carbamates (subject to hydrolysis) is 1. The summed E-state index contributed by atoms with van der Waals surface area (Å²) < 4.78 is 15.1. The van der Waals surface area contributed by atoms with Crippen LogP contribution in [0.15, 0.2) is 0 Å². The van der Waals surface area contributed by atoms with E-state index in [1.54, 1.807) is 62.3 Å². The molecule has 0 fully saturated rings. The molecule has 0 spiro atoms. The molecule has 0 heterocycles. The van der Waals surface area contributed by atoms with Crippen molar-refractivity contribution in [2.75, 3.05) is 14.2 Å². The molecule has 0 bridgehead atoms. The van der Waals surface area contributed by atoms with Crippen LogP contribution in [0.5, 0.6) is 0 Å². The normalized spacial score (nSPS) is 15.4. The van der Waals surface area contributed by atoms with Crippen LogP contribution in [0.3, 0.4) is 0 Å². The summed E-state index contributed by atoms with van der Waals surface area (Å²) in [6, 6.07) is -7.39. The number of Topliss-reactive ketones (excluding diaryl/α,β-unsaturated/α-hetero) is 1. The van der Waals surface area contributed by atoms with Gasteiger partial charge in [0.05, 0.1) is 14.2 Å². The summed E-state index contributed by atoms with van der Waals surface area (Å²) in [7, 11) is 2.14. The monoisotopic (exact) mass is 884 g/mol. The molecule has 20 nitrogen and oxygen atoms in total. The van der Waals surface area contributed by atoms with E-state index in [0.717, 1.165) is 7.11 Å². The van der Waals surface area contributed by atoms with Crippen molar-refractivity contribution < 1.29 is 62.2 Å². The zero-order valence-corrected chi connectivity index (χ0v) is 39.4. The zero-order chi connectivity index (χ0) is 48.4. The summed E-state index contributed by atoms with van der Waals surface area (Å²) >= 11 is 0. The van der Waals surface area contributed by atoms with Crippen LogP contribution in [0.1, 0.15) is 123 Å². The Morgan fingerprint density at radius 2 is 0.968 bits per heavy atom. The molecule has 0 aliphatic rings. The minimum absolute atomic E-state index is 0.00973. The van der Waals surface area contributed by atoms with E-state index < -0.39 is 131 Å². The molecule has 1 unspecified atom stereocenters. The van der Waals surface area contributed by atoms with Gasteiger partial charge in [0.1, 0.15) is 47.6 Å². The van der Waals surface area contributed by atoms with Crippen molar-refractivity contribution in [1.29, 1.82) is 0 Å². The summed E-state index contributed by atoms with van der Waals surface area (Å²) in [5.74, 6) is -9.11. The maximum Gasteiger partial charge on any atom is 0.408 e. The third-order valence-electron chi connectivity index (χ3n) is 9.32. The molecule has 354 valence electrons. The number of carbonyl (C=O) groups is 10. The number of ketones is 1. The number of carbonyl (C=O) groups excluding carboxylic acids is 10. The largest absolute Gasteiger partial charge is 0.467 e. The van der Waals surface area contributed by atoms with E-state index in [0.29, 0.717) is 0 Å². The molecule has 0 radical (unpaired) electrons. The molecular formula is C42H73N7O13. The fourth-order valence-electron chi connectivity index (χ4n) is 5.94. The predicted octanol–water partition coefficient (Wildman–Crippen LogP) is 1.32. The van der Waals surface area contributed by atoms with Gasteiger partial charge in [-0.1, -0.05) is 55.4 Å². The van der Waals surface area contributed by atoms with Gasteiger partial charge in [-0.2, -0.15) is 0 Å². The Hall–Kier alpha value is -5.30. The average molecular weight is 884 g/mol. The highest BCUT2D eigenvalue weighted by Crippen LogP contribution is 2.20. The van der Waals surface area contributed by atoms with Crippen LogP contribution in [-0.2, 0) is 57.4 Å². The quantitative estimate of drug-likeness (QED) is 0.0410. The Balaban J connectivity index is 6.63. The number of hydrogen-bond acceptors (Lipinski definition) is 13. The van der Waals surface area contributed by atoms with E-state index in [9.17, 15) is 47.9 Å². The van der Waals surface area contributed by atoms with Crippen molar-refractivity contribution in [2.24, 2.45) is 23.7 Å². The number of rotatable bonds is 24. The van der Waals surface area contributed by atoms with Crippen LogP contribution >= 0.6 is 0 Å². The van der Waals surface area contributed by atoms with Crippen molar-refractivity contribution in [3.8, 4) is 0 Å². The number of ether oxygens (including phenoxy) is 3. The van der Waals surface area contributed by atoms with Gasteiger partial charge in [-0.3, -0.25) is 28.8 Å². The number of nitrogens with one attached hydrogen (secondary N) is 7. The summed E-state index contributed by atoms with van der Waals surface area (Å²) in [5.41, 5.74) is -3.45. The molecule has 62 heavy (non-hydrogen) atoms. The fourth-order valence-corrected chi connectivity index (χ4v) is 5.94. The van der Waals surface area contributed by atoms with Gasteiger partial charge in [0.15, 0.2) is 0 Å². The lowest BCUT2D eigenvalue weighted by Crippen LogP contribution is -2.69. The molecule has 0 aromatic heterocycles. The summed E-state index contributed by atoms with van der Waals surface area (Å²) in [6.07, 6.45) is -1.63. The first-order chi connectivity index (χ1) is 28.4. The smallest absolute Gasteiger partial charge is 0.408 e. The van der Waals surface area contributed by atoms with Gasteiger partial charge in [0.2, 0.25) is 35.1 Å². The zero-order valence-electron chi connectivity index (χ0n) is 39.4. The molecule has 7 amide bonds. The van der Waals surface area contributed by atoms with E-state index in [2.05, 4.69) is 37.2 Å². The molecule has 0 aromatic rings. The van der Waals surface area contributed by atoms with Gasteiger partial charge >= 0.3 is 18.0 Å². The average Bonchev–Trinajstić information content (AvgIpc) is 3.14. The molecule has 20 heteroatoms. The second kappa shape index (κ2) is 25.6. The summed E-state index contributed by atoms with van der Waals surface area (Å²) in [5, 5.41) is 17.6. The Kier molecular flexibility index (Phi) is 23.4. The first kappa shape index (κ1) is 56.7. The maximum atomic E-state index is 14.4. The minimum Gasteiger partial charge on any atom is -0.467 e. The van der Waals surface area contributed by atoms with Crippen LogP contribution in [0.4, 0.5) is 4.79 Å². The minimum atomic E-state index is -2.61. The van der Waals surface area contributed by atoms with E-state index in [1.165, 1.54) is 27.9 Å². The van der Waals surface area contributed by atoms with Gasteiger partial charge < -0.3 is 56.2 Å². The van der Waals surface area contributed by atoms with E-state index in [1.807, 2.05) is 13.8 Å². The van der Waals surface area contributed by atoms with Crippen LogP contribution in [0.2, 0.25) is 0 Å². The Bertz CT molecular complexity index is 1610. The molecule has 0 aliphatic carbocycles. The number of hydrogen-bond donors (Lipinski definition) is 7. The first-order valence-corrected chi connectivity index (χ1v) is 20.9. The lowest BCUT2D eigenvalue weighted by Gasteiger charge is -2.34. The molecular weight excluding hydrogens is 810 g/mol. The van der Waals surface area contributed by atoms with Gasteiger partial charge in [-0.05, 0) is 84.5 Å². The SMILES string of the molecule is COC(=O)[C@H](CC(C)C)NC(=O)[C@H](C)NC(=O)[C@@H](NC(=O)C(CCC(C)=O)(NC(=O)[C@H](CC(C)C)NC(=O)[C@H](C)NC(=O)[C@@H](NC(=O)OC(C)(C)C)C(C)C)C(=O)OC)C(C)C. The second-order valence-electron chi connectivity index (χ2n) is 18.0. The Morgan fingerprint density at radius 1 is 0.532 bits per heavy atom. The highest BCUT2D eigenvalue weighted by Gasteiger charge is 2.51. The molecule has 7 N–H and O–H groups in total. The summed E-state index contributed by atoms with van der Waals surface area (Å²) in [6.45, 7) is 22.6. The molecule has 0 saturated carbocycles. The lowest BCUT2D eigenvalue weighted by molar-refractivity contribution is -0.158. The van der Waals surface area contributed by atoms with Gasteiger partial charge in [-0.25, -0.2) is 14.4 Å². The summed E-state index contributed by atoms with van der Waals surface area (Å²) in [4.78, 5) is 133. The first-order valence-electron chi connectivity index (χ1n) is 20.9. The van der Waals surface area contributed by atoms with Crippen molar-refractivity contribution in [2.45, 2.75) is 170 Å². The van der Waals surface area contributed by atoms with Crippen molar-refractivity contribution in [3.63, 3.8) is 0 Å². The predicted molar refractivity (Wildman–Crippen MR) is 228 cm³/mol. The fraction of sp³-hybridized carbons (Fsp3) is 0.762. The lowest BCUT2D eigenvalue weighted by atomic mass is 9.88. The Morgan fingerprint density at radius 3 is 1.35 bits per heavy atom. The van der Waals surface area contributed by atoms with E-state index in [-0.39, 0.29) is 24.7 Å². The highest BCUT2D eigenvalue weighted by molar-refractivity contribution is 6.12. The highest BCUT2D eigenvalue weighted by atomic mass is 16.6. The third kappa shape index (κ3) is 19.2. The van der Waals surface area contributed by atoms with Gasteiger partial charge in [0, 0.05) is 6.42 Å². The molecule has 0 aliphatic heterocycles. The van der Waals surface area contributed by atoms with Crippen LogP contribution in [0, 0.1) is 23.7 Å². The number of methoxy groups -OCH3 is 2. The van der Waals surface area contributed by atoms with E-state index in [4.69, 9.17) is 14.2 Å². The molecule has 0 rings (SSSR count). The standard InChI is InChI=1S/C42H73N7O13/c1-21(2)19-28(45-32(51)26(10)44-36(55)31(24(7)8)48-40(59)62-41(12,13)14)34(53)49-42(39(58)61-16,18-17-25(9)50)38(57)47-30(23(5)6)35(54)43-27(11)33(52)46-29(20-22(3)4)37(56)60-15/h21-24,26-31H,17-20H2,1-16H3,(H,43,54)(H,44,55)(H,45,51)(H,46,52)(H,47,57)(H,48,59)(H,49,53)/t26-,27-,28-,29-,30-,31-,42?/m0/s1. The van der Waals surface area contributed by atoms with Gasteiger partial charge in [0.25, 0.3) is 5.91 Å². The molecule has 0 saturated heterocycles. The van der Waals surface area contributed by atoms with Crippen molar-refractivity contribution in [3.05, 3.63) is 0 Å². The van der Waals surface area contributed by atoms with Crippen LogP contribution in [0.25, 0.3) is 0 Å². The van der Waals surface area contributed by atoms with Gasteiger partial charge in [-0.15, -0.1) is 0 Å². The van der Waals surface area contributed by atoms with E-state index >= 15 is 0 Å². The molecule has 7 atom stereocenters. The number of esters is 2. The van der Waals surface area contributed by atoms with Crippen LogP contribution < -0.4 is 37.2 Å². The molecule has 0 aromatic carbocycles. The van der Waals surface area contributed by atoms with Crippen molar-refractivity contribution >= 4 is 59.3 Å². The topological polar surface area (TPSA) is 283 Å². The van der Waals surface area contributed by atoms with Crippen molar-refractivity contribution in [1.82, 2.24) is 37.2 Å². The maximum absolute atomic E-state index is 14.4. The third-order valence-corrected chi connectivity index (χ3v) is 9.32.